The van der Waals surface area contributed by atoms with Crippen LogP contribution in [0.25, 0.3) is 22.1 Å². The zero-order valence-electron chi connectivity index (χ0n) is 22.0. The number of aromatic nitrogens is 4. The number of carbonyl (C=O) groups excluding carboxylic acids is 2. The second-order valence-corrected chi connectivity index (χ2v) is 10.5. The Balaban J connectivity index is 1.53. The smallest absolute Gasteiger partial charge is 0.229 e. The quantitative estimate of drug-likeness (QED) is 0.283. The van der Waals surface area contributed by atoms with Crippen molar-refractivity contribution in [2.24, 2.45) is 7.05 Å². The predicted octanol–water partition coefficient (Wildman–Crippen LogP) is 3.44. The van der Waals surface area contributed by atoms with Gasteiger partial charge in [0.15, 0.2) is 5.82 Å². The number of fused-ring (bicyclic) bond motifs is 3. The molecule has 0 aliphatic heterocycles. The second kappa shape index (κ2) is 10.5. The molecule has 3 aromatic rings. The number of ketones is 1. The molecule has 2 saturated carbocycles. The van der Waals surface area contributed by atoms with Gasteiger partial charge in [-0.2, -0.15) is 0 Å². The number of pyridine rings is 1. The summed E-state index contributed by atoms with van der Waals surface area (Å²) in [5.74, 6) is 0.444. The lowest BCUT2D eigenvalue weighted by Crippen LogP contribution is -2.36. The van der Waals surface area contributed by atoms with Crippen LogP contribution in [0.1, 0.15) is 38.3 Å². The van der Waals surface area contributed by atoms with Crippen LogP contribution in [0, 0.1) is 0 Å². The Morgan fingerprint density at radius 2 is 1.92 bits per heavy atom. The van der Waals surface area contributed by atoms with Crippen molar-refractivity contribution in [2.75, 3.05) is 25.8 Å². The highest BCUT2D eigenvalue weighted by Gasteiger charge is 2.42. The first-order chi connectivity index (χ1) is 17.9. The van der Waals surface area contributed by atoms with Crippen LogP contribution >= 0.6 is 11.8 Å². The summed E-state index contributed by atoms with van der Waals surface area (Å²) in [4.78, 5) is 37.6. The summed E-state index contributed by atoms with van der Waals surface area (Å²) in [5.41, 5.74) is 3.36. The number of amides is 1. The van der Waals surface area contributed by atoms with Crippen molar-refractivity contribution < 1.29 is 19.1 Å². The third-order valence-electron chi connectivity index (χ3n) is 7.00. The van der Waals surface area contributed by atoms with Crippen LogP contribution in [0.5, 0.6) is 0 Å². The molecular formula is C26H34N6O4S. The minimum atomic E-state index is -0.975. The molecule has 0 atom stereocenters. The van der Waals surface area contributed by atoms with Gasteiger partial charge in [0.05, 0.1) is 23.3 Å². The molecule has 1 amide bonds. The minimum Gasteiger partial charge on any atom is -0.349 e. The van der Waals surface area contributed by atoms with Gasteiger partial charge in [0.1, 0.15) is 11.2 Å². The highest BCUT2D eigenvalue weighted by Crippen LogP contribution is 2.38. The number of rotatable bonds is 12. The monoisotopic (exact) mass is 526 g/mol. The van der Waals surface area contributed by atoms with Gasteiger partial charge in [-0.15, -0.1) is 11.8 Å². The highest BCUT2D eigenvalue weighted by atomic mass is 32.2. The van der Waals surface area contributed by atoms with Gasteiger partial charge in [0.2, 0.25) is 18.0 Å². The lowest BCUT2D eigenvalue weighted by atomic mass is 10.2. The van der Waals surface area contributed by atoms with Gasteiger partial charge in [-0.05, 0) is 44.9 Å². The third kappa shape index (κ3) is 4.99. The number of hydrogen-bond acceptors (Lipinski definition) is 8. The summed E-state index contributed by atoms with van der Waals surface area (Å²) in [7, 11) is 4.80. The second-order valence-electron chi connectivity index (χ2n) is 9.61. The first kappa shape index (κ1) is 25.7. The van der Waals surface area contributed by atoms with E-state index in [1.165, 1.54) is 32.1 Å². The molecule has 2 aliphatic rings. The largest absolute Gasteiger partial charge is 0.349 e. The molecule has 2 aliphatic carbocycles. The Labute approximate surface area is 220 Å². The van der Waals surface area contributed by atoms with Crippen molar-refractivity contribution >= 4 is 51.3 Å². The van der Waals surface area contributed by atoms with Crippen LogP contribution < -0.4 is 5.32 Å². The van der Waals surface area contributed by atoms with Crippen molar-refractivity contribution in [2.45, 2.75) is 63.9 Å². The molecule has 0 aromatic carbocycles. The maximum Gasteiger partial charge on any atom is 0.229 e. The van der Waals surface area contributed by atoms with Gasteiger partial charge in [-0.25, -0.2) is 9.97 Å². The first-order valence-corrected chi connectivity index (χ1v) is 13.9. The normalized spacial score (nSPS) is 16.2. The van der Waals surface area contributed by atoms with Crippen LogP contribution in [0.2, 0.25) is 0 Å². The summed E-state index contributed by atoms with van der Waals surface area (Å²) < 4.78 is 14.3. The molecule has 0 radical (unpaired) electrons. The zero-order valence-corrected chi connectivity index (χ0v) is 22.8. The summed E-state index contributed by atoms with van der Waals surface area (Å²) in [6, 6.07) is 2.94. The van der Waals surface area contributed by atoms with E-state index in [-0.39, 0.29) is 11.7 Å². The van der Waals surface area contributed by atoms with Gasteiger partial charge in [0, 0.05) is 57.1 Å². The number of ether oxygens (including phenoxy) is 2. The van der Waals surface area contributed by atoms with Gasteiger partial charge in [-0.3, -0.25) is 9.59 Å². The number of aryl methyl sites for hydroxylation is 2. The number of anilines is 1. The van der Waals surface area contributed by atoms with Gasteiger partial charge < -0.3 is 28.8 Å². The Hall–Kier alpha value is -2.89. The molecule has 3 heterocycles. The van der Waals surface area contributed by atoms with E-state index in [1.807, 2.05) is 17.9 Å². The Morgan fingerprint density at radius 3 is 2.49 bits per heavy atom. The van der Waals surface area contributed by atoms with E-state index in [9.17, 15) is 9.59 Å². The van der Waals surface area contributed by atoms with E-state index in [2.05, 4.69) is 32.8 Å². The fourth-order valence-electron chi connectivity index (χ4n) is 5.00. The molecule has 0 spiro atoms. The van der Waals surface area contributed by atoms with E-state index >= 15 is 0 Å². The van der Waals surface area contributed by atoms with Crippen LogP contribution in [-0.4, -0.2) is 74.5 Å². The summed E-state index contributed by atoms with van der Waals surface area (Å²) in [5, 5.41) is 4.85. The molecule has 0 bridgehead atoms. The molecule has 198 valence electrons. The Morgan fingerprint density at radius 1 is 1.24 bits per heavy atom. The number of imidazole rings is 1. The van der Waals surface area contributed by atoms with Crippen LogP contribution in [0.3, 0.4) is 0 Å². The summed E-state index contributed by atoms with van der Waals surface area (Å²) >= 11 is 1.38. The lowest BCUT2D eigenvalue weighted by Gasteiger charge is -2.22. The van der Waals surface area contributed by atoms with E-state index in [1.54, 1.807) is 6.33 Å². The Bertz CT molecular complexity index is 1350. The predicted molar refractivity (Wildman–Crippen MR) is 144 cm³/mol. The number of thioether (sulfide) groups is 1. The fourth-order valence-corrected chi connectivity index (χ4v) is 5.43. The summed E-state index contributed by atoms with van der Waals surface area (Å²) in [6.45, 7) is 2.75. The first-order valence-electron chi connectivity index (χ1n) is 12.7. The van der Waals surface area contributed by atoms with Gasteiger partial charge in [-0.1, -0.05) is 0 Å². The molecule has 0 saturated heterocycles. The zero-order chi connectivity index (χ0) is 26.3. The number of methoxy groups -OCH3 is 2. The number of hydrogen-bond donors (Lipinski definition) is 1. The van der Waals surface area contributed by atoms with Crippen LogP contribution in [-0.2, 0) is 39.1 Å². The van der Waals surface area contributed by atoms with Crippen molar-refractivity contribution in [3.63, 3.8) is 0 Å². The molecular weight excluding hydrogens is 492 g/mol. The molecule has 10 nitrogen and oxygen atoms in total. The average molecular weight is 527 g/mol. The maximum absolute atomic E-state index is 13.4. The van der Waals surface area contributed by atoms with E-state index in [0.29, 0.717) is 41.4 Å². The van der Waals surface area contributed by atoms with E-state index in [4.69, 9.17) is 14.5 Å². The third-order valence-corrected chi connectivity index (χ3v) is 7.66. The fraction of sp³-hybridized carbons (Fsp3) is 0.538. The molecule has 5 rings (SSSR count). The molecule has 0 unspecified atom stereocenters. The van der Waals surface area contributed by atoms with Crippen molar-refractivity contribution in [1.82, 2.24) is 24.0 Å². The molecule has 2 fully saturated rings. The Kier molecular flexibility index (Phi) is 7.28. The van der Waals surface area contributed by atoms with Crippen LogP contribution in [0.4, 0.5) is 5.82 Å². The molecule has 1 N–H and O–H groups in total. The molecule has 11 heteroatoms. The van der Waals surface area contributed by atoms with Crippen molar-refractivity contribution in [3.05, 3.63) is 29.2 Å². The van der Waals surface area contributed by atoms with E-state index < -0.39 is 6.29 Å². The van der Waals surface area contributed by atoms with Crippen LogP contribution in [0.15, 0.2) is 23.5 Å². The SMILES string of the molecule is CCn1c(CC(=O)N(C2CC2)C2CC2)cc2c3c(ncn3C)c(N/C(=C/C(=O)C(OC)OC)SC)nc21. The van der Waals surface area contributed by atoms with Gasteiger partial charge in [0.25, 0.3) is 0 Å². The standard InChI is InChI=1S/C26H34N6O4S/c1-6-31-17(12-21(34)32(15-7-8-15)16-9-10-16)11-18-23-22(27-14-30(23)2)24(29-25(18)31)28-20(37-5)13-19(33)26(35-3)36-4/h11,13-16,26H,6-10,12H2,1-5H3,(H,28,29)/b20-13-. The molecule has 37 heavy (non-hydrogen) atoms. The van der Waals surface area contributed by atoms with Crippen molar-refractivity contribution in [1.29, 1.82) is 0 Å². The number of nitrogens with zero attached hydrogens (tertiary/aromatic N) is 5. The van der Waals surface area contributed by atoms with Crippen molar-refractivity contribution in [3.8, 4) is 0 Å². The average Bonchev–Trinajstić information content (AvgIpc) is 3.81. The maximum atomic E-state index is 13.4. The highest BCUT2D eigenvalue weighted by molar-refractivity contribution is 8.02. The van der Waals surface area contributed by atoms with E-state index in [0.717, 1.165) is 47.9 Å². The topological polar surface area (TPSA) is 104 Å². The molecule has 3 aromatic heterocycles. The number of carbonyl (C=O) groups is 2. The minimum absolute atomic E-state index is 0.207. The number of nitrogens with one attached hydrogen (secondary N) is 1. The lowest BCUT2D eigenvalue weighted by molar-refractivity contribution is -0.151. The summed E-state index contributed by atoms with van der Waals surface area (Å²) in [6.07, 6.45) is 8.95. The van der Waals surface area contributed by atoms with Gasteiger partial charge >= 0.3 is 0 Å².